The van der Waals surface area contributed by atoms with Crippen LogP contribution < -0.4 is 5.32 Å². The van der Waals surface area contributed by atoms with E-state index in [1.807, 2.05) is 13.0 Å². The number of hydrogen-bond donors (Lipinski definition) is 2. The van der Waals surface area contributed by atoms with Crippen LogP contribution in [0.3, 0.4) is 0 Å². The maximum atomic E-state index is 12.3. The predicted molar refractivity (Wildman–Crippen MR) is 82.6 cm³/mol. The van der Waals surface area contributed by atoms with Crippen molar-refractivity contribution in [3.63, 3.8) is 0 Å². The molecule has 22 heavy (non-hydrogen) atoms. The van der Waals surface area contributed by atoms with E-state index in [0.717, 1.165) is 0 Å². The number of carbonyl (C=O) groups is 2. The van der Waals surface area contributed by atoms with Crippen LogP contribution in [0.1, 0.15) is 32.3 Å². The molecular weight excluding hydrogens is 282 g/mol. The Morgan fingerprint density at radius 1 is 1.36 bits per heavy atom. The highest BCUT2D eigenvalue weighted by atomic mass is 16.5. The number of carbonyl (C=O) groups excluding carboxylic acids is 1. The molecule has 0 aromatic heterocycles. The SMILES string of the molecule is CC1CC(C(=O)NCC(C)(C(=O)O)c2ccccc2)CCO1. The predicted octanol–water partition coefficient (Wildman–Crippen LogP) is 1.96. The molecule has 3 atom stereocenters. The number of rotatable bonds is 5. The van der Waals surface area contributed by atoms with Crippen molar-refractivity contribution in [2.24, 2.45) is 5.92 Å². The van der Waals surface area contributed by atoms with Gasteiger partial charge in [0.05, 0.1) is 6.10 Å². The lowest BCUT2D eigenvalue weighted by molar-refractivity contribution is -0.143. The van der Waals surface area contributed by atoms with Crippen molar-refractivity contribution in [2.45, 2.75) is 38.2 Å². The molecule has 5 nitrogen and oxygen atoms in total. The largest absolute Gasteiger partial charge is 0.481 e. The van der Waals surface area contributed by atoms with E-state index in [4.69, 9.17) is 4.74 Å². The molecule has 5 heteroatoms. The summed E-state index contributed by atoms with van der Waals surface area (Å²) in [5.74, 6) is -1.13. The van der Waals surface area contributed by atoms with Crippen molar-refractivity contribution in [3.8, 4) is 0 Å². The van der Waals surface area contributed by atoms with E-state index in [1.54, 1.807) is 31.2 Å². The van der Waals surface area contributed by atoms with Gasteiger partial charge in [0.2, 0.25) is 5.91 Å². The van der Waals surface area contributed by atoms with Gasteiger partial charge in [-0.3, -0.25) is 9.59 Å². The van der Waals surface area contributed by atoms with E-state index < -0.39 is 11.4 Å². The van der Waals surface area contributed by atoms with Gasteiger partial charge >= 0.3 is 5.97 Å². The minimum Gasteiger partial charge on any atom is -0.481 e. The molecule has 1 aliphatic rings. The Balaban J connectivity index is 2.03. The average Bonchev–Trinajstić information content (AvgIpc) is 2.53. The zero-order valence-corrected chi connectivity index (χ0v) is 13.0. The summed E-state index contributed by atoms with van der Waals surface area (Å²) in [5.41, 5.74) is -0.448. The number of benzene rings is 1. The van der Waals surface area contributed by atoms with E-state index in [2.05, 4.69) is 5.32 Å². The van der Waals surface area contributed by atoms with Crippen molar-refractivity contribution < 1.29 is 19.4 Å². The lowest BCUT2D eigenvalue weighted by atomic mass is 9.82. The van der Waals surface area contributed by atoms with Crippen LogP contribution in [0, 0.1) is 5.92 Å². The van der Waals surface area contributed by atoms with Gasteiger partial charge in [-0.1, -0.05) is 30.3 Å². The Morgan fingerprint density at radius 3 is 2.64 bits per heavy atom. The fourth-order valence-corrected chi connectivity index (χ4v) is 2.75. The number of amides is 1. The second kappa shape index (κ2) is 6.92. The van der Waals surface area contributed by atoms with E-state index in [-0.39, 0.29) is 24.5 Å². The normalized spacial score (nSPS) is 24.3. The van der Waals surface area contributed by atoms with Crippen LogP contribution in [0.15, 0.2) is 30.3 Å². The van der Waals surface area contributed by atoms with Crippen LogP contribution in [0.4, 0.5) is 0 Å². The van der Waals surface area contributed by atoms with Crippen LogP contribution in [-0.2, 0) is 19.7 Å². The quantitative estimate of drug-likeness (QED) is 0.872. The minimum absolute atomic E-state index is 0.0736. The maximum absolute atomic E-state index is 12.3. The molecular formula is C17H23NO4. The number of hydrogen-bond acceptors (Lipinski definition) is 3. The zero-order valence-electron chi connectivity index (χ0n) is 13.0. The molecule has 2 N–H and O–H groups in total. The first-order chi connectivity index (χ1) is 10.4. The van der Waals surface area contributed by atoms with Crippen LogP contribution in [-0.4, -0.2) is 36.2 Å². The Morgan fingerprint density at radius 2 is 2.05 bits per heavy atom. The second-order valence-electron chi connectivity index (χ2n) is 6.12. The van der Waals surface area contributed by atoms with Gasteiger partial charge in [-0.05, 0) is 32.3 Å². The molecule has 3 unspecified atom stereocenters. The smallest absolute Gasteiger partial charge is 0.315 e. The highest BCUT2D eigenvalue weighted by Gasteiger charge is 2.36. The molecule has 0 bridgehead atoms. The summed E-state index contributed by atoms with van der Waals surface area (Å²) in [6.45, 7) is 4.24. The lowest BCUT2D eigenvalue weighted by Crippen LogP contribution is -2.46. The Bertz CT molecular complexity index is 531. The molecule has 1 aromatic rings. The van der Waals surface area contributed by atoms with Gasteiger partial charge < -0.3 is 15.2 Å². The van der Waals surface area contributed by atoms with Gasteiger partial charge in [0, 0.05) is 19.1 Å². The van der Waals surface area contributed by atoms with Gasteiger partial charge in [0.15, 0.2) is 0 Å². The lowest BCUT2D eigenvalue weighted by Gasteiger charge is -2.29. The van der Waals surface area contributed by atoms with Crippen molar-refractivity contribution in [3.05, 3.63) is 35.9 Å². The summed E-state index contributed by atoms with van der Waals surface area (Å²) in [5, 5.41) is 12.4. The molecule has 0 radical (unpaired) electrons. The Kier molecular flexibility index (Phi) is 5.19. The van der Waals surface area contributed by atoms with Crippen LogP contribution in [0.25, 0.3) is 0 Å². The van der Waals surface area contributed by atoms with Crippen molar-refractivity contribution in [1.82, 2.24) is 5.32 Å². The third-order valence-electron chi connectivity index (χ3n) is 4.36. The molecule has 1 aliphatic heterocycles. The first kappa shape index (κ1) is 16.5. The maximum Gasteiger partial charge on any atom is 0.315 e. The van der Waals surface area contributed by atoms with E-state index in [0.29, 0.717) is 25.0 Å². The second-order valence-corrected chi connectivity index (χ2v) is 6.12. The van der Waals surface area contributed by atoms with E-state index in [9.17, 15) is 14.7 Å². The molecule has 1 amide bonds. The highest BCUT2D eigenvalue weighted by molar-refractivity contribution is 5.84. The minimum atomic E-state index is -1.13. The van der Waals surface area contributed by atoms with Gasteiger partial charge in [-0.15, -0.1) is 0 Å². The molecule has 1 heterocycles. The summed E-state index contributed by atoms with van der Waals surface area (Å²) in [4.78, 5) is 24.0. The Labute approximate surface area is 130 Å². The summed E-state index contributed by atoms with van der Waals surface area (Å²) >= 11 is 0. The summed E-state index contributed by atoms with van der Waals surface area (Å²) in [6.07, 6.45) is 1.44. The molecule has 0 spiro atoms. The average molecular weight is 305 g/mol. The van der Waals surface area contributed by atoms with Crippen LogP contribution >= 0.6 is 0 Å². The number of ether oxygens (including phenoxy) is 1. The van der Waals surface area contributed by atoms with Gasteiger partial charge in [0.1, 0.15) is 5.41 Å². The Hall–Kier alpha value is -1.88. The van der Waals surface area contributed by atoms with Crippen molar-refractivity contribution >= 4 is 11.9 Å². The number of carboxylic acids is 1. The fraction of sp³-hybridized carbons (Fsp3) is 0.529. The molecule has 1 aromatic carbocycles. The van der Waals surface area contributed by atoms with Crippen LogP contribution in [0.5, 0.6) is 0 Å². The number of aliphatic carboxylic acids is 1. The summed E-state index contributed by atoms with van der Waals surface area (Å²) < 4.78 is 5.44. The van der Waals surface area contributed by atoms with Gasteiger partial charge in [-0.2, -0.15) is 0 Å². The third-order valence-corrected chi connectivity index (χ3v) is 4.36. The third kappa shape index (κ3) is 3.65. The molecule has 0 aliphatic carbocycles. The molecule has 2 rings (SSSR count). The van der Waals surface area contributed by atoms with Gasteiger partial charge in [0.25, 0.3) is 0 Å². The van der Waals surface area contributed by atoms with Gasteiger partial charge in [-0.25, -0.2) is 0 Å². The summed E-state index contributed by atoms with van der Waals surface area (Å²) in [6, 6.07) is 9.00. The number of nitrogens with one attached hydrogen (secondary N) is 1. The standard InChI is InChI=1S/C17H23NO4/c1-12-10-13(8-9-22-12)15(19)18-11-17(2,16(20)21)14-6-4-3-5-7-14/h3-7,12-13H,8-11H2,1-2H3,(H,18,19)(H,20,21). The molecule has 1 fully saturated rings. The zero-order chi connectivity index (χ0) is 16.2. The fourth-order valence-electron chi connectivity index (χ4n) is 2.75. The van der Waals surface area contributed by atoms with Crippen molar-refractivity contribution in [2.75, 3.05) is 13.2 Å². The summed E-state index contributed by atoms with van der Waals surface area (Å²) in [7, 11) is 0. The first-order valence-electron chi connectivity index (χ1n) is 7.61. The monoisotopic (exact) mass is 305 g/mol. The topological polar surface area (TPSA) is 75.6 Å². The van der Waals surface area contributed by atoms with E-state index in [1.165, 1.54) is 0 Å². The molecule has 120 valence electrons. The van der Waals surface area contributed by atoms with E-state index >= 15 is 0 Å². The molecule has 0 saturated carbocycles. The van der Waals surface area contributed by atoms with Crippen LogP contribution in [0.2, 0.25) is 0 Å². The number of carboxylic acid groups (broad SMARTS) is 1. The first-order valence-corrected chi connectivity index (χ1v) is 7.61. The van der Waals surface area contributed by atoms with Crippen molar-refractivity contribution in [1.29, 1.82) is 0 Å². The highest BCUT2D eigenvalue weighted by Crippen LogP contribution is 2.24. The molecule has 1 saturated heterocycles.